The highest BCUT2D eigenvalue weighted by Crippen LogP contribution is 2.48. The standard InChI is InChI=1S/C50H33NS/c1-3-14-35(15-4-1)43-22-11-12-25-46(43)51(39-28-26-36(27-29-39)42-24-13-20-34-16-7-9-21-41(34)42)40-30-31-47-45(33-40)50-48(52-47)32-38-19-8-10-23-44(38)49(50)37-17-5-2-6-18-37/h1-33H. The van der Waals surface area contributed by atoms with Gasteiger partial charge in [-0.05, 0) is 91.8 Å². The number of anilines is 3. The third kappa shape index (κ3) is 5.16. The van der Waals surface area contributed by atoms with Gasteiger partial charge in [-0.1, -0.05) is 158 Å². The van der Waals surface area contributed by atoms with Crippen LogP contribution in [0.5, 0.6) is 0 Å². The van der Waals surface area contributed by atoms with Crippen LogP contribution in [0.25, 0.3) is 75.1 Å². The highest BCUT2D eigenvalue weighted by atomic mass is 32.1. The number of nitrogens with zero attached hydrogens (tertiary/aromatic N) is 1. The minimum Gasteiger partial charge on any atom is -0.310 e. The van der Waals surface area contributed by atoms with Crippen molar-refractivity contribution < 1.29 is 0 Å². The van der Waals surface area contributed by atoms with E-state index in [-0.39, 0.29) is 0 Å². The molecule has 2 heteroatoms. The molecule has 1 heterocycles. The Labute approximate surface area is 307 Å². The maximum Gasteiger partial charge on any atom is 0.0540 e. The number of hydrogen-bond acceptors (Lipinski definition) is 2. The molecule has 10 aromatic rings. The van der Waals surface area contributed by atoms with E-state index in [4.69, 9.17) is 0 Å². The minimum absolute atomic E-state index is 1.11. The smallest absolute Gasteiger partial charge is 0.0540 e. The Morgan fingerprint density at radius 2 is 0.942 bits per heavy atom. The topological polar surface area (TPSA) is 3.24 Å². The van der Waals surface area contributed by atoms with Gasteiger partial charge in [0.2, 0.25) is 0 Å². The second-order valence-electron chi connectivity index (χ2n) is 13.3. The van der Waals surface area contributed by atoms with Gasteiger partial charge >= 0.3 is 0 Å². The summed E-state index contributed by atoms with van der Waals surface area (Å²) >= 11 is 1.88. The molecule has 244 valence electrons. The molecule has 0 spiro atoms. The Morgan fingerprint density at radius 1 is 0.346 bits per heavy atom. The number of fused-ring (bicyclic) bond motifs is 5. The number of thiophene rings is 1. The van der Waals surface area contributed by atoms with Crippen molar-refractivity contribution in [2.45, 2.75) is 0 Å². The van der Waals surface area contributed by atoms with Crippen LogP contribution in [0.1, 0.15) is 0 Å². The lowest BCUT2D eigenvalue weighted by molar-refractivity contribution is 1.29. The zero-order chi connectivity index (χ0) is 34.4. The lowest BCUT2D eigenvalue weighted by atomic mass is 9.93. The number of benzene rings is 9. The summed E-state index contributed by atoms with van der Waals surface area (Å²) in [6, 6.07) is 72.9. The molecule has 0 aliphatic rings. The van der Waals surface area contributed by atoms with Gasteiger partial charge in [0.25, 0.3) is 0 Å². The normalized spacial score (nSPS) is 11.5. The van der Waals surface area contributed by atoms with Crippen molar-refractivity contribution in [2.24, 2.45) is 0 Å². The molecule has 0 fully saturated rings. The van der Waals surface area contributed by atoms with E-state index < -0.39 is 0 Å². The van der Waals surface area contributed by atoms with Gasteiger partial charge in [0.05, 0.1) is 5.69 Å². The molecule has 9 aromatic carbocycles. The first-order valence-corrected chi connectivity index (χ1v) is 18.6. The van der Waals surface area contributed by atoms with Crippen molar-refractivity contribution in [2.75, 3.05) is 4.90 Å². The van der Waals surface area contributed by atoms with E-state index in [2.05, 4.69) is 205 Å². The second-order valence-corrected chi connectivity index (χ2v) is 14.4. The molecule has 0 bridgehead atoms. The Balaban J connectivity index is 1.21. The van der Waals surface area contributed by atoms with Crippen molar-refractivity contribution >= 4 is 70.1 Å². The van der Waals surface area contributed by atoms with Gasteiger partial charge < -0.3 is 4.90 Å². The average molecular weight is 680 g/mol. The predicted octanol–water partition coefficient (Wildman–Crippen LogP) is 14.8. The van der Waals surface area contributed by atoms with Gasteiger partial charge in [0.15, 0.2) is 0 Å². The van der Waals surface area contributed by atoms with Gasteiger partial charge in [-0.25, -0.2) is 0 Å². The second kappa shape index (κ2) is 12.7. The zero-order valence-electron chi connectivity index (χ0n) is 28.4. The first kappa shape index (κ1) is 30.4. The molecule has 52 heavy (non-hydrogen) atoms. The SMILES string of the molecule is c1ccc(-c2ccccc2N(c2ccc(-c3cccc4ccccc34)cc2)c2ccc3sc4cc5ccccc5c(-c5ccccc5)c4c3c2)cc1. The fourth-order valence-corrected chi connectivity index (χ4v) is 9.00. The quantitative estimate of drug-likeness (QED) is 0.169. The highest BCUT2D eigenvalue weighted by Gasteiger charge is 2.20. The van der Waals surface area contributed by atoms with Crippen LogP contribution in [0.15, 0.2) is 200 Å². The monoisotopic (exact) mass is 679 g/mol. The molecule has 0 aliphatic heterocycles. The van der Waals surface area contributed by atoms with Gasteiger partial charge in [-0.15, -0.1) is 11.3 Å². The van der Waals surface area contributed by atoms with Gasteiger partial charge in [-0.2, -0.15) is 0 Å². The van der Waals surface area contributed by atoms with E-state index in [0.29, 0.717) is 0 Å². The highest BCUT2D eigenvalue weighted by molar-refractivity contribution is 7.26. The summed E-state index contributed by atoms with van der Waals surface area (Å²) in [7, 11) is 0. The van der Waals surface area contributed by atoms with Crippen LogP contribution in [0.3, 0.4) is 0 Å². The molecule has 0 amide bonds. The van der Waals surface area contributed by atoms with Crippen LogP contribution in [-0.4, -0.2) is 0 Å². The van der Waals surface area contributed by atoms with E-state index in [1.165, 1.54) is 75.1 Å². The molecule has 0 atom stereocenters. The number of rotatable bonds is 6. The minimum atomic E-state index is 1.11. The van der Waals surface area contributed by atoms with Crippen molar-refractivity contribution in [3.8, 4) is 33.4 Å². The average Bonchev–Trinajstić information content (AvgIpc) is 3.58. The Morgan fingerprint density at radius 3 is 1.75 bits per heavy atom. The molecule has 0 radical (unpaired) electrons. The first-order valence-electron chi connectivity index (χ1n) is 17.8. The molecule has 1 nitrogen and oxygen atoms in total. The van der Waals surface area contributed by atoms with E-state index in [1.54, 1.807) is 0 Å². The Hall–Kier alpha value is -6.48. The van der Waals surface area contributed by atoms with Crippen LogP contribution in [0.4, 0.5) is 17.1 Å². The van der Waals surface area contributed by atoms with Crippen LogP contribution in [0, 0.1) is 0 Å². The number of hydrogen-bond donors (Lipinski definition) is 0. The predicted molar refractivity (Wildman–Crippen MR) is 225 cm³/mol. The summed E-state index contributed by atoms with van der Waals surface area (Å²) in [5, 5.41) is 7.65. The van der Waals surface area contributed by atoms with Gasteiger partial charge in [-0.3, -0.25) is 0 Å². The molecule has 0 unspecified atom stereocenters. The molecular weight excluding hydrogens is 647 g/mol. The van der Waals surface area contributed by atoms with Crippen molar-refractivity contribution in [1.82, 2.24) is 0 Å². The summed E-state index contributed by atoms with van der Waals surface area (Å²) in [5.41, 5.74) is 10.7. The summed E-state index contributed by atoms with van der Waals surface area (Å²) < 4.78 is 2.59. The molecule has 1 aromatic heterocycles. The molecule has 10 rings (SSSR count). The maximum absolute atomic E-state index is 2.43. The third-order valence-corrected chi connectivity index (χ3v) is 11.4. The van der Waals surface area contributed by atoms with Crippen LogP contribution in [-0.2, 0) is 0 Å². The van der Waals surface area contributed by atoms with E-state index in [9.17, 15) is 0 Å². The molecular formula is C50H33NS. The lowest BCUT2D eigenvalue weighted by Gasteiger charge is -2.28. The van der Waals surface area contributed by atoms with Gasteiger partial charge in [0, 0.05) is 37.1 Å². The van der Waals surface area contributed by atoms with E-state index in [1.807, 2.05) is 11.3 Å². The largest absolute Gasteiger partial charge is 0.310 e. The fourth-order valence-electron chi connectivity index (χ4n) is 7.86. The fraction of sp³-hybridized carbons (Fsp3) is 0. The van der Waals surface area contributed by atoms with Crippen molar-refractivity contribution in [3.05, 3.63) is 200 Å². The van der Waals surface area contributed by atoms with E-state index >= 15 is 0 Å². The number of para-hydroxylation sites is 1. The summed E-state index contributed by atoms with van der Waals surface area (Å²) in [6.45, 7) is 0. The lowest BCUT2D eigenvalue weighted by Crippen LogP contribution is -2.11. The molecule has 0 aliphatic carbocycles. The first-order chi connectivity index (χ1) is 25.8. The van der Waals surface area contributed by atoms with Crippen LogP contribution < -0.4 is 4.90 Å². The van der Waals surface area contributed by atoms with Crippen molar-refractivity contribution in [3.63, 3.8) is 0 Å². The third-order valence-electron chi connectivity index (χ3n) is 10.2. The van der Waals surface area contributed by atoms with Crippen molar-refractivity contribution in [1.29, 1.82) is 0 Å². The Bertz CT molecular complexity index is 2880. The van der Waals surface area contributed by atoms with Crippen LogP contribution >= 0.6 is 11.3 Å². The molecule has 0 N–H and O–H groups in total. The zero-order valence-corrected chi connectivity index (χ0v) is 29.2. The maximum atomic E-state index is 2.43. The molecule has 0 saturated heterocycles. The van der Waals surface area contributed by atoms with Crippen LogP contribution in [0.2, 0.25) is 0 Å². The summed E-state index contributed by atoms with van der Waals surface area (Å²) in [5.74, 6) is 0. The summed E-state index contributed by atoms with van der Waals surface area (Å²) in [4.78, 5) is 2.43. The van der Waals surface area contributed by atoms with Gasteiger partial charge in [0.1, 0.15) is 0 Å². The molecule has 0 saturated carbocycles. The Kier molecular flexibility index (Phi) is 7.41. The summed E-state index contributed by atoms with van der Waals surface area (Å²) in [6.07, 6.45) is 0. The van der Waals surface area contributed by atoms with E-state index in [0.717, 1.165) is 17.1 Å².